The van der Waals surface area contributed by atoms with Crippen LogP contribution >= 0.6 is 0 Å². The van der Waals surface area contributed by atoms with Gasteiger partial charge in [0.05, 0.1) is 0 Å². The average Bonchev–Trinajstić information content (AvgIpc) is 2.40. The number of benzene rings is 1. The monoisotopic (exact) mass is 271 g/mol. The second kappa shape index (κ2) is 5.88. The number of nitrogens with one attached hydrogen (secondary N) is 1. The molecule has 0 amide bonds. The fourth-order valence-corrected chi connectivity index (χ4v) is 2.29. The quantitative estimate of drug-likeness (QED) is 0.660. The predicted octanol–water partition coefficient (Wildman–Crippen LogP) is 2.32. The molecule has 0 radical (unpaired) electrons. The van der Waals surface area contributed by atoms with Crippen molar-refractivity contribution >= 4 is 11.6 Å². The van der Waals surface area contributed by atoms with Crippen molar-refractivity contribution in [3.63, 3.8) is 0 Å². The van der Waals surface area contributed by atoms with E-state index in [9.17, 15) is 0 Å². The van der Waals surface area contributed by atoms with Crippen LogP contribution in [0.4, 0.5) is 11.6 Å². The number of hydrogen-bond donors (Lipinski definition) is 2. The Morgan fingerprint density at radius 1 is 1.20 bits per heavy atom. The highest BCUT2D eigenvalue weighted by Gasteiger charge is 2.12. The van der Waals surface area contributed by atoms with Crippen molar-refractivity contribution < 1.29 is 0 Å². The molecule has 1 aromatic carbocycles. The molecule has 5 nitrogen and oxygen atoms in total. The van der Waals surface area contributed by atoms with Crippen LogP contribution in [-0.4, -0.2) is 17.0 Å². The molecule has 106 valence electrons. The number of anilines is 2. The minimum atomic E-state index is 0.670. The van der Waals surface area contributed by atoms with Gasteiger partial charge in [0.2, 0.25) is 0 Å². The highest BCUT2D eigenvalue weighted by Crippen LogP contribution is 2.23. The molecule has 2 aromatic rings. The minimum absolute atomic E-state index is 0.670. The van der Waals surface area contributed by atoms with E-state index in [1.165, 1.54) is 11.1 Å². The van der Waals surface area contributed by atoms with Crippen molar-refractivity contribution in [1.82, 2.24) is 9.97 Å². The maximum atomic E-state index is 5.50. The molecule has 0 fully saturated rings. The molecule has 0 aliphatic rings. The van der Waals surface area contributed by atoms with E-state index >= 15 is 0 Å². The van der Waals surface area contributed by atoms with Gasteiger partial charge in [-0.15, -0.1) is 0 Å². The molecule has 2 rings (SSSR count). The van der Waals surface area contributed by atoms with E-state index in [1.54, 1.807) is 0 Å². The predicted molar refractivity (Wildman–Crippen MR) is 82.6 cm³/mol. The van der Waals surface area contributed by atoms with E-state index in [1.807, 2.05) is 20.9 Å². The third kappa shape index (κ3) is 3.05. The van der Waals surface area contributed by atoms with E-state index in [2.05, 4.69) is 51.5 Å². The highest BCUT2D eigenvalue weighted by molar-refractivity contribution is 5.58. The summed E-state index contributed by atoms with van der Waals surface area (Å²) in [4.78, 5) is 10.9. The molecule has 0 bridgehead atoms. The SMILES string of the molecule is Cc1cccc(CN(C)c2nc(C)nc(NN)c2C)c1. The third-order valence-corrected chi connectivity index (χ3v) is 3.23. The largest absolute Gasteiger partial charge is 0.355 e. The number of nitrogen functional groups attached to an aromatic ring is 1. The maximum Gasteiger partial charge on any atom is 0.148 e. The van der Waals surface area contributed by atoms with Gasteiger partial charge in [0, 0.05) is 19.2 Å². The first-order valence-corrected chi connectivity index (χ1v) is 6.60. The summed E-state index contributed by atoms with van der Waals surface area (Å²) in [5, 5.41) is 0. The Labute approximate surface area is 119 Å². The lowest BCUT2D eigenvalue weighted by Gasteiger charge is -2.22. The van der Waals surface area contributed by atoms with Gasteiger partial charge in [-0.2, -0.15) is 0 Å². The lowest BCUT2D eigenvalue weighted by molar-refractivity contribution is 0.869. The molecular weight excluding hydrogens is 250 g/mol. The zero-order valence-corrected chi connectivity index (χ0v) is 12.4. The average molecular weight is 271 g/mol. The van der Waals surface area contributed by atoms with Crippen LogP contribution in [0.2, 0.25) is 0 Å². The van der Waals surface area contributed by atoms with E-state index in [0.717, 1.165) is 17.9 Å². The van der Waals surface area contributed by atoms with Crippen molar-refractivity contribution in [3.05, 3.63) is 46.8 Å². The molecule has 0 unspecified atom stereocenters. The molecule has 0 saturated heterocycles. The Hall–Kier alpha value is -2.14. The van der Waals surface area contributed by atoms with Gasteiger partial charge in [-0.1, -0.05) is 29.8 Å². The number of nitrogens with two attached hydrogens (primary N) is 1. The summed E-state index contributed by atoms with van der Waals surface area (Å²) in [6.07, 6.45) is 0. The lowest BCUT2D eigenvalue weighted by atomic mass is 10.1. The summed E-state index contributed by atoms with van der Waals surface area (Å²) in [5.41, 5.74) is 6.09. The Morgan fingerprint density at radius 2 is 1.95 bits per heavy atom. The molecule has 0 saturated carbocycles. The van der Waals surface area contributed by atoms with Crippen molar-refractivity contribution in [3.8, 4) is 0 Å². The van der Waals surface area contributed by atoms with Gasteiger partial charge in [0.25, 0.3) is 0 Å². The van der Waals surface area contributed by atoms with Crippen molar-refractivity contribution in [2.24, 2.45) is 5.84 Å². The Balaban J connectivity index is 2.29. The first-order chi connectivity index (χ1) is 9.51. The van der Waals surface area contributed by atoms with Crippen LogP contribution in [0.15, 0.2) is 24.3 Å². The molecular formula is C15H21N5. The van der Waals surface area contributed by atoms with Crippen molar-refractivity contribution in [1.29, 1.82) is 0 Å². The molecule has 0 aliphatic carbocycles. The molecule has 1 aromatic heterocycles. The van der Waals surface area contributed by atoms with Crippen LogP contribution in [0, 0.1) is 20.8 Å². The van der Waals surface area contributed by atoms with Gasteiger partial charge in [-0.05, 0) is 26.3 Å². The molecule has 0 aliphatic heterocycles. The Kier molecular flexibility index (Phi) is 4.20. The number of aryl methyl sites for hydroxylation is 2. The van der Waals surface area contributed by atoms with Gasteiger partial charge in [0.1, 0.15) is 17.5 Å². The number of hydrazine groups is 1. The molecule has 3 N–H and O–H groups in total. The van der Waals surface area contributed by atoms with E-state index in [4.69, 9.17) is 5.84 Å². The second-order valence-electron chi connectivity index (χ2n) is 5.06. The van der Waals surface area contributed by atoms with Gasteiger partial charge in [-0.25, -0.2) is 15.8 Å². The van der Waals surface area contributed by atoms with Crippen LogP contribution in [-0.2, 0) is 6.54 Å². The molecule has 1 heterocycles. The first-order valence-electron chi connectivity index (χ1n) is 6.60. The van der Waals surface area contributed by atoms with Crippen LogP contribution in [0.3, 0.4) is 0 Å². The Morgan fingerprint density at radius 3 is 2.60 bits per heavy atom. The summed E-state index contributed by atoms with van der Waals surface area (Å²) in [6.45, 7) is 6.73. The maximum absolute atomic E-state index is 5.50. The smallest absolute Gasteiger partial charge is 0.148 e. The number of nitrogens with zero attached hydrogens (tertiary/aromatic N) is 3. The van der Waals surface area contributed by atoms with Crippen molar-refractivity contribution in [2.45, 2.75) is 27.3 Å². The van der Waals surface area contributed by atoms with Crippen LogP contribution in [0.25, 0.3) is 0 Å². The molecule has 0 atom stereocenters. The van der Waals surface area contributed by atoms with Crippen LogP contribution < -0.4 is 16.2 Å². The van der Waals surface area contributed by atoms with Crippen LogP contribution in [0.1, 0.15) is 22.5 Å². The zero-order chi connectivity index (χ0) is 14.7. The van der Waals surface area contributed by atoms with E-state index in [-0.39, 0.29) is 0 Å². The van der Waals surface area contributed by atoms with Crippen LogP contribution in [0.5, 0.6) is 0 Å². The summed E-state index contributed by atoms with van der Waals surface area (Å²) in [5.74, 6) is 7.77. The molecule has 0 spiro atoms. The molecule has 5 heteroatoms. The number of rotatable bonds is 4. The Bertz CT molecular complexity index is 609. The number of hydrogen-bond acceptors (Lipinski definition) is 5. The molecule has 20 heavy (non-hydrogen) atoms. The fourth-order valence-electron chi connectivity index (χ4n) is 2.29. The topological polar surface area (TPSA) is 67.1 Å². The highest BCUT2D eigenvalue weighted by atomic mass is 15.3. The van der Waals surface area contributed by atoms with Gasteiger partial charge < -0.3 is 10.3 Å². The van der Waals surface area contributed by atoms with E-state index in [0.29, 0.717) is 11.6 Å². The van der Waals surface area contributed by atoms with Gasteiger partial charge in [0.15, 0.2) is 0 Å². The summed E-state index contributed by atoms with van der Waals surface area (Å²) >= 11 is 0. The zero-order valence-electron chi connectivity index (χ0n) is 12.4. The van der Waals surface area contributed by atoms with Gasteiger partial charge in [-0.3, -0.25) is 0 Å². The van der Waals surface area contributed by atoms with E-state index < -0.39 is 0 Å². The summed E-state index contributed by atoms with van der Waals surface area (Å²) < 4.78 is 0. The standard InChI is InChI=1S/C15H21N5/c1-10-6-5-7-13(8-10)9-20(4)15-11(2)14(19-16)17-12(3)18-15/h5-8H,9,16H2,1-4H3,(H,17,18,19). The first kappa shape index (κ1) is 14.3. The number of aromatic nitrogens is 2. The summed E-state index contributed by atoms with van der Waals surface area (Å²) in [6, 6.07) is 8.47. The third-order valence-electron chi connectivity index (χ3n) is 3.23. The van der Waals surface area contributed by atoms with Crippen molar-refractivity contribution in [2.75, 3.05) is 17.4 Å². The minimum Gasteiger partial charge on any atom is -0.355 e. The summed E-state index contributed by atoms with van der Waals surface area (Å²) in [7, 11) is 2.03. The normalized spacial score (nSPS) is 10.4. The second-order valence-corrected chi connectivity index (χ2v) is 5.06. The fraction of sp³-hybridized carbons (Fsp3) is 0.333. The van der Waals surface area contributed by atoms with Gasteiger partial charge >= 0.3 is 0 Å². The lowest BCUT2D eigenvalue weighted by Crippen LogP contribution is -2.21.